The molecule has 7 heteroatoms. The molecule has 2 fully saturated rings. The van der Waals surface area contributed by atoms with Crippen molar-refractivity contribution in [2.24, 2.45) is 10.9 Å². The molecule has 0 bridgehead atoms. The van der Waals surface area contributed by atoms with Crippen molar-refractivity contribution < 1.29 is 5.11 Å². The van der Waals surface area contributed by atoms with Gasteiger partial charge >= 0.3 is 0 Å². The maximum Gasteiger partial charge on any atom is 0.191 e. The summed E-state index contributed by atoms with van der Waals surface area (Å²) in [6, 6.07) is 6.30. The third-order valence-corrected chi connectivity index (χ3v) is 6.50. The molecule has 1 aliphatic carbocycles. The molecule has 5 nitrogen and oxygen atoms in total. The minimum Gasteiger partial charge on any atom is -0.393 e. The highest BCUT2D eigenvalue weighted by Gasteiger charge is 2.25. The number of hydrogen-bond acceptors (Lipinski definition) is 3. The Bertz CT molecular complexity index is 662. The molecular weight excluding hydrogens is 395 g/mol. The molecular formula is C21H32Cl2N4O. The molecule has 0 amide bonds. The Morgan fingerprint density at radius 2 is 1.96 bits per heavy atom. The number of likely N-dealkylation sites (tertiary alicyclic amines) is 1. The second-order valence-corrected chi connectivity index (χ2v) is 8.74. The number of nitrogens with one attached hydrogen (secondary N) is 2. The van der Waals surface area contributed by atoms with Gasteiger partial charge in [0, 0.05) is 44.7 Å². The maximum atomic E-state index is 10.0. The van der Waals surface area contributed by atoms with Gasteiger partial charge in [0.25, 0.3) is 0 Å². The molecule has 2 atom stereocenters. The zero-order valence-corrected chi connectivity index (χ0v) is 18.1. The predicted molar refractivity (Wildman–Crippen MR) is 117 cm³/mol. The number of aliphatic imine (C=N–C) groups is 1. The minimum atomic E-state index is -0.184. The van der Waals surface area contributed by atoms with Crippen molar-refractivity contribution >= 4 is 29.2 Å². The molecule has 1 saturated carbocycles. The van der Waals surface area contributed by atoms with E-state index in [1.165, 1.54) is 5.56 Å². The molecule has 2 unspecified atom stereocenters. The number of aliphatic hydroxyl groups is 1. The van der Waals surface area contributed by atoms with Crippen LogP contribution >= 0.6 is 23.2 Å². The third kappa shape index (κ3) is 6.24. The van der Waals surface area contributed by atoms with E-state index in [0.717, 1.165) is 64.2 Å². The van der Waals surface area contributed by atoms with E-state index in [4.69, 9.17) is 28.2 Å². The first kappa shape index (κ1) is 21.7. The Morgan fingerprint density at radius 3 is 2.61 bits per heavy atom. The molecule has 1 saturated heterocycles. The molecule has 0 aromatic heterocycles. The summed E-state index contributed by atoms with van der Waals surface area (Å²) in [5.41, 5.74) is 1.20. The number of guanidine groups is 1. The van der Waals surface area contributed by atoms with Crippen LogP contribution in [0.5, 0.6) is 0 Å². The first-order valence-electron chi connectivity index (χ1n) is 10.4. The van der Waals surface area contributed by atoms with Gasteiger partial charge in [0.2, 0.25) is 0 Å². The van der Waals surface area contributed by atoms with Gasteiger partial charge in [-0.3, -0.25) is 9.89 Å². The van der Waals surface area contributed by atoms with Gasteiger partial charge < -0.3 is 15.7 Å². The highest BCUT2D eigenvalue weighted by molar-refractivity contribution is 6.42. The smallest absolute Gasteiger partial charge is 0.191 e. The third-order valence-electron chi connectivity index (χ3n) is 5.77. The quantitative estimate of drug-likeness (QED) is 0.479. The Balaban J connectivity index is 1.46. The summed E-state index contributed by atoms with van der Waals surface area (Å²) in [6.07, 6.45) is 5.09. The topological polar surface area (TPSA) is 59.9 Å². The standard InChI is InChI=1S/C21H32Cl2N4O/c1-2-24-21(25-13-16-4-3-5-20(16)28)26-17-8-10-27(11-9-17)14-15-6-7-18(22)19(23)12-15/h6-7,12,16-17,20,28H,2-5,8-11,13-14H2,1H3,(H2,24,25,26). The fourth-order valence-electron chi connectivity index (χ4n) is 4.08. The first-order valence-corrected chi connectivity index (χ1v) is 11.2. The van der Waals surface area contributed by atoms with E-state index < -0.39 is 0 Å². The summed E-state index contributed by atoms with van der Waals surface area (Å²) in [4.78, 5) is 7.19. The molecule has 3 N–H and O–H groups in total. The normalized spacial score (nSPS) is 24.5. The molecule has 0 spiro atoms. The van der Waals surface area contributed by atoms with E-state index >= 15 is 0 Å². The van der Waals surface area contributed by atoms with Crippen molar-refractivity contribution in [3.8, 4) is 0 Å². The Morgan fingerprint density at radius 1 is 1.18 bits per heavy atom. The van der Waals surface area contributed by atoms with Gasteiger partial charge in [0.05, 0.1) is 16.1 Å². The number of nitrogens with zero attached hydrogens (tertiary/aromatic N) is 2. The van der Waals surface area contributed by atoms with Crippen LogP contribution in [0.3, 0.4) is 0 Å². The van der Waals surface area contributed by atoms with Crippen molar-refractivity contribution in [1.82, 2.24) is 15.5 Å². The molecule has 0 radical (unpaired) electrons. The van der Waals surface area contributed by atoms with Gasteiger partial charge in [-0.2, -0.15) is 0 Å². The summed E-state index contributed by atoms with van der Waals surface area (Å²) in [7, 11) is 0. The number of hydrogen-bond donors (Lipinski definition) is 3. The summed E-state index contributed by atoms with van der Waals surface area (Å²) in [6.45, 7) is 6.61. The van der Waals surface area contributed by atoms with Gasteiger partial charge in [-0.25, -0.2) is 0 Å². The molecule has 1 aromatic carbocycles. The van der Waals surface area contributed by atoms with Crippen molar-refractivity contribution in [1.29, 1.82) is 0 Å². The van der Waals surface area contributed by atoms with Crippen molar-refractivity contribution in [2.45, 2.75) is 57.7 Å². The lowest BCUT2D eigenvalue weighted by atomic mass is 10.0. The number of benzene rings is 1. The van der Waals surface area contributed by atoms with Crippen LogP contribution in [-0.2, 0) is 6.54 Å². The summed E-state index contributed by atoms with van der Waals surface area (Å²) < 4.78 is 0. The molecule has 156 valence electrons. The molecule has 1 aromatic rings. The Kier molecular flexibility index (Phi) is 8.27. The average molecular weight is 427 g/mol. The van der Waals surface area contributed by atoms with Crippen LogP contribution in [0.2, 0.25) is 10.0 Å². The van der Waals surface area contributed by atoms with E-state index in [0.29, 0.717) is 28.5 Å². The molecule has 28 heavy (non-hydrogen) atoms. The van der Waals surface area contributed by atoms with Gasteiger partial charge in [0.1, 0.15) is 0 Å². The monoisotopic (exact) mass is 426 g/mol. The van der Waals surface area contributed by atoms with Crippen LogP contribution in [-0.4, -0.2) is 54.3 Å². The fraction of sp³-hybridized carbons (Fsp3) is 0.667. The van der Waals surface area contributed by atoms with Crippen LogP contribution in [0, 0.1) is 5.92 Å². The van der Waals surface area contributed by atoms with Crippen molar-refractivity contribution in [3.63, 3.8) is 0 Å². The maximum absolute atomic E-state index is 10.0. The highest BCUT2D eigenvalue weighted by atomic mass is 35.5. The zero-order chi connectivity index (χ0) is 19.9. The van der Waals surface area contributed by atoms with Crippen molar-refractivity contribution in [2.75, 3.05) is 26.2 Å². The summed E-state index contributed by atoms with van der Waals surface area (Å²) >= 11 is 12.1. The predicted octanol–water partition coefficient (Wildman–Crippen LogP) is 3.67. The van der Waals surface area contributed by atoms with E-state index in [2.05, 4.69) is 22.5 Å². The second-order valence-electron chi connectivity index (χ2n) is 7.92. The summed E-state index contributed by atoms with van der Waals surface area (Å²) in [5, 5.41) is 18.2. The van der Waals surface area contributed by atoms with E-state index in [9.17, 15) is 5.11 Å². The zero-order valence-electron chi connectivity index (χ0n) is 16.6. The van der Waals surface area contributed by atoms with Crippen LogP contribution in [0.1, 0.15) is 44.6 Å². The molecule has 1 aliphatic heterocycles. The average Bonchev–Trinajstić information content (AvgIpc) is 3.09. The number of piperidine rings is 1. The summed E-state index contributed by atoms with van der Waals surface area (Å²) in [5.74, 6) is 1.19. The molecule has 1 heterocycles. The van der Waals surface area contributed by atoms with Crippen LogP contribution in [0.4, 0.5) is 0 Å². The Hall–Kier alpha value is -1.01. The van der Waals surface area contributed by atoms with Gasteiger partial charge in [-0.15, -0.1) is 0 Å². The fourth-order valence-corrected chi connectivity index (χ4v) is 4.40. The minimum absolute atomic E-state index is 0.184. The van der Waals surface area contributed by atoms with Gasteiger partial charge in [0.15, 0.2) is 5.96 Å². The number of rotatable bonds is 6. The molecule has 3 rings (SSSR count). The van der Waals surface area contributed by atoms with E-state index in [-0.39, 0.29) is 6.10 Å². The Labute approximate surface area is 178 Å². The lowest BCUT2D eigenvalue weighted by molar-refractivity contribution is 0.136. The lowest BCUT2D eigenvalue weighted by Gasteiger charge is -2.33. The SMILES string of the molecule is CCNC(=NCC1CCCC1O)NC1CCN(Cc2ccc(Cl)c(Cl)c2)CC1. The molecule has 2 aliphatic rings. The van der Waals surface area contributed by atoms with Crippen molar-refractivity contribution in [3.05, 3.63) is 33.8 Å². The first-order chi connectivity index (χ1) is 13.5. The largest absolute Gasteiger partial charge is 0.393 e. The van der Waals surface area contributed by atoms with Crippen LogP contribution in [0.25, 0.3) is 0 Å². The van der Waals surface area contributed by atoms with Gasteiger partial charge in [-0.1, -0.05) is 35.7 Å². The van der Waals surface area contributed by atoms with E-state index in [1.807, 2.05) is 18.2 Å². The van der Waals surface area contributed by atoms with Crippen LogP contribution < -0.4 is 10.6 Å². The van der Waals surface area contributed by atoms with Gasteiger partial charge in [-0.05, 0) is 50.3 Å². The van der Waals surface area contributed by atoms with Crippen LogP contribution in [0.15, 0.2) is 23.2 Å². The number of halogens is 2. The lowest BCUT2D eigenvalue weighted by Crippen LogP contribution is -2.48. The highest BCUT2D eigenvalue weighted by Crippen LogP contribution is 2.26. The van der Waals surface area contributed by atoms with E-state index in [1.54, 1.807) is 0 Å². The second kappa shape index (κ2) is 10.7. The number of aliphatic hydroxyl groups excluding tert-OH is 1.